The van der Waals surface area contributed by atoms with Crippen LogP contribution in [0.15, 0.2) is 72.8 Å². The van der Waals surface area contributed by atoms with Gasteiger partial charge in [-0.1, -0.05) is 74.2 Å². The second-order valence-corrected chi connectivity index (χ2v) is 22.5. The molecule has 12 atom stereocenters. The molecule has 6 aliphatic carbocycles. The molecule has 10 aliphatic rings. The van der Waals surface area contributed by atoms with Gasteiger partial charge in [0.2, 0.25) is 11.8 Å². The Morgan fingerprint density at radius 1 is 0.500 bits per heavy atom. The summed E-state index contributed by atoms with van der Waals surface area (Å²) in [7, 11) is 5.74. The number of amides is 4. The fourth-order valence-electron chi connectivity index (χ4n) is 14.1. The quantitative estimate of drug-likeness (QED) is 0.0793. The molecule has 404 valence electrons. The summed E-state index contributed by atoms with van der Waals surface area (Å²) >= 11 is 0. The number of nitrogens with zero attached hydrogens (tertiary/aromatic N) is 2. The molecular weight excluding hydrogens is 961 g/mol. The van der Waals surface area contributed by atoms with Crippen molar-refractivity contribution in [1.29, 1.82) is 0 Å². The van der Waals surface area contributed by atoms with E-state index >= 15 is 0 Å². The molecular formula is C60H76N8O8. The van der Waals surface area contributed by atoms with Crippen molar-refractivity contribution in [3.63, 3.8) is 0 Å². The highest BCUT2D eigenvalue weighted by atomic mass is 16.5. The molecule has 14 rings (SSSR count). The van der Waals surface area contributed by atoms with Gasteiger partial charge in [-0.3, -0.25) is 9.59 Å². The Morgan fingerprint density at radius 3 is 1.32 bits per heavy atom. The fourth-order valence-corrected chi connectivity index (χ4v) is 14.1. The van der Waals surface area contributed by atoms with Crippen molar-refractivity contribution in [2.24, 2.45) is 11.8 Å². The Kier molecular flexibility index (Phi) is 14.8. The summed E-state index contributed by atoms with van der Waals surface area (Å²) in [4.78, 5) is 58.3. The van der Waals surface area contributed by atoms with Crippen molar-refractivity contribution in [2.75, 3.05) is 49.7 Å². The summed E-state index contributed by atoms with van der Waals surface area (Å²) in [5, 5.41) is 20.8. The zero-order valence-electron chi connectivity index (χ0n) is 44.9. The van der Waals surface area contributed by atoms with Gasteiger partial charge in [-0.15, -0.1) is 0 Å². The molecule has 0 spiro atoms. The van der Waals surface area contributed by atoms with Crippen molar-refractivity contribution in [3.8, 4) is 22.3 Å². The minimum atomic E-state index is -0.877. The Labute approximate surface area is 447 Å². The van der Waals surface area contributed by atoms with Gasteiger partial charge < -0.3 is 60.6 Å². The van der Waals surface area contributed by atoms with Crippen LogP contribution in [0, 0.1) is 11.8 Å². The van der Waals surface area contributed by atoms with Crippen LogP contribution in [-0.4, -0.2) is 123 Å². The third-order valence-corrected chi connectivity index (χ3v) is 18.3. The normalized spacial score (nSPS) is 26.6. The second kappa shape index (κ2) is 21.8. The SMILES string of the molecule is COC(=O)N[C@H](C(=O)N1C([C@H]2Nc3ccc(-c4cc5ccc4CCc4ccc(c(-c6ccc7c(c6)N[C@@H](C6C[C@@H]8CCCC[C@@H]8N6C(=O)[C@@H](NC(=O)OC)[C@@H](C)OC)N7)c4)CC5)cc3N2)C[C@@H]2CCCC[C@@H]21)[C@@H](C)OC. The highest BCUT2D eigenvalue weighted by molar-refractivity contribution is 5.89. The van der Waals surface area contributed by atoms with E-state index in [9.17, 15) is 19.2 Å². The van der Waals surface area contributed by atoms with E-state index in [1.54, 1.807) is 14.2 Å². The molecule has 4 amide bonds. The lowest BCUT2D eigenvalue weighted by Crippen LogP contribution is -2.60. The van der Waals surface area contributed by atoms with E-state index in [1.165, 1.54) is 47.6 Å². The molecule has 4 aromatic carbocycles. The van der Waals surface area contributed by atoms with Crippen molar-refractivity contribution < 1.29 is 38.1 Å². The standard InChI is InChI=1S/C60H76N8O8/c1-33(73-3)53(65-59(71)75-5)57(69)67-49-13-9-7-11-41(49)31-51(67)55-61-45-25-23-39(29-47(45)63-55)43-27-35-15-19-37(43)21-17-36-16-20-38(22-18-35)44(28-36)40-24-26-46-48(30-40)64-56(62-46)52-32-42-12-8-10-14-50(42)68(52)58(70)54(34(2)74-4)66-60(72)76-6/h15-16,19-20,23-30,33-34,41-42,49-56,61-64H,7-14,17-18,21-22,31-32H2,1-6H3,(H,65,71)(H,66,72)/t33-,34-,41+,42+,49+,50+,51?,52?,53+,54+,55+,56+/m1/s1. The van der Waals surface area contributed by atoms with Gasteiger partial charge in [-0.25, -0.2) is 9.59 Å². The monoisotopic (exact) mass is 1040 g/mol. The van der Waals surface area contributed by atoms with Gasteiger partial charge in [-0.05, 0) is 159 Å². The molecule has 4 bridgehead atoms. The topological polar surface area (TPSA) is 184 Å². The van der Waals surface area contributed by atoms with E-state index in [0.717, 1.165) is 124 Å². The lowest BCUT2D eigenvalue weighted by atomic mass is 9.84. The largest absolute Gasteiger partial charge is 0.453 e. The summed E-state index contributed by atoms with van der Waals surface area (Å²) in [6.07, 6.45) is 11.0. The number of hydrogen-bond donors (Lipinski definition) is 6. The maximum atomic E-state index is 14.6. The predicted octanol–water partition coefficient (Wildman–Crippen LogP) is 9.07. The fraction of sp³-hybridized carbons (Fsp3) is 0.533. The molecule has 16 nitrogen and oxygen atoms in total. The van der Waals surface area contributed by atoms with E-state index < -0.39 is 36.5 Å². The van der Waals surface area contributed by atoms with Gasteiger partial charge in [0.25, 0.3) is 0 Å². The average molecular weight is 1040 g/mol. The molecule has 2 saturated heterocycles. The minimum Gasteiger partial charge on any atom is -0.453 e. The Morgan fingerprint density at radius 2 is 0.908 bits per heavy atom. The molecule has 0 aromatic heterocycles. The van der Waals surface area contributed by atoms with Gasteiger partial charge in [0.05, 0.1) is 61.3 Å². The Bertz CT molecular complexity index is 2650. The number of carbonyl (C=O) groups is 4. The summed E-state index contributed by atoms with van der Waals surface area (Å²) in [6.45, 7) is 3.62. The highest BCUT2D eigenvalue weighted by Gasteiger charge is 2.52. The number of hydrogen-bond acceptors (Lipinski definition) is 12. The summed E-state index contributed by atoms with van der Waals surface area (Å²) in [6, 6.07) is 25.5. The molecule has 4 heterocycles. The van der Waals surface area contributed by atoms with Crippen molar-refractivity contribution >= 4 is 46.8 Å². The maximum Gasteiger partial charge on any atom is 0.407 e. The van der Waals surface area contributed by atoms with Gasteiger partial charge in [0.15, 0.2) is 0 Å². The number of ether oxygens (including phenoxy) is 4. The number of carbonyl (C=O) groups excluding carboxylic acids is 4. The lowest BCUT2D eigenvalue weighted by molar-refractivity contribution is -0.141. The van der Waals surface area contributed by atoms with Crippen LogP contribution >= 0.6 is 0 Å². The van der Waals surface area contributed by atoms with Crippen LogP contribution in [-0.2, 0) is 54.2 Å². The predicted molar refractivity (Wildman–Crippen MR) is 294 cm³/mol. The lowest BCUT2D eigenvalue weighted by Gasteiger charge is -2.39. The first-order valence-corrected chi connectivity index (χ1v) is 27.9. The highest BCUT2D eigenvalue weighted by Crippen LogP contribution is 2.47. The first kappa shape index (κ1) is 51.6. The number of methoxy groups -OCH3 is 4. The molecule has 16 heteroatoms. The van der Waals surface area contributed by atoms with E-state index in [1.807, 2.05) is 13.8 Å². The van der Waals surface area contributed by atoms with Crippen LogP contribution in [0.4, 0.5) is 32.3 Å². The molecule has 0 radical (unpaired) electrons. The van der Waals surface area contributed by atoms with Crippen molar-refractivity contribution in [3.05, 3.63) is 95.1 Å². The van der Waals surface area contributed by atoms with Gasteiger partial charge in [0.1, 0.15) is 24.4 Å². The number of aryl methyl sites for hydroxylation is 4. The van der Waals surface area contributed by atoms with E-state index in [2.05, 4.69) is 114 Å². The summed E-state index contributed by atoms with van der Waals surface area (Å²) in [5.41, 5.74) is 14.0. The zero-order chi connectivity index (χ0) is 52.8. The molecule has 4 fully saturated rings. The smallest absolute Gasteiger partial charge is 0.407 e. The molecule has 2 unspecified atom stereocenters. The first-order valence-electron chi connectivity index (χ1n) is 27.9. The number of alkyl carbamates (subject to hydrolysis) is 2. The summed E-state index contributed by atoms with van der Waals surface area (Å²) in [5.74, 6) is 0.518. The van der Waals surface area contributed by atoms with Crippen LogP contribution in [0.1, 0.15) is 100 Å². The van der Waals surface area contributed by atoms with Crippen LogP contribution in [0.3, 0.4) is 0 Å². The third-order valence-electron chi connectivity index (χ3n) is 18.3. The molecule has 2 saturated carbocycles. The van der Waals surface area contributed by atoms with Crippen LogP contribution in [0.25, 0.3) is 22.3 Å². The number of fused-ring (bicyclic) bond motifs is 4. The van der Waals surface area contributed by atoms with Crippen molar-refractivity contribution in [2.45, 2.75) is 165 Å². The number of likely N-dealkylation sites (tertiary alicyclic amines) is 2. The molecule has 6 N–H and O–H groups in total. The Balaban J connectivity index is 0.804. The number of rotatable bonds is 12. The Hall–Kier alpha value is -6.52. The van der Waals surface area contributed by atoms with Crippen molar-refractivity contribution in [1.82, 2.24) is 20.4 Å². The first-order chi connectivity index (χ1) is 36.9. The van der Waals surface area contributed by atoms with Crippen LogP contribution in [0.2, 0.25) is 0 Å². The van der Waals surface area contributed by atoms with E-state index in [4.69, 9.17) is 18.9 Å². The van der Waals surface area contributed by atoms with Gasteiger partial charge in [0, 0.05) is 26.3 Å². The van der Waals surface area contributed by atoms with Crippen LogP contribution in [0.5, 0.6) is 0 Å². The van der Waals surface area contributed by atoms with E-state index in [0.29, 0.717) is 11.8 Å². The molecule has 76 heavy (non-hydrogen) atoms. The summed E-state index contributed by atoms with van der Waals surface area (Å²) < 4.78 is 21.1. The second-order valence-electron chi connectivity index (χ2n) is 22.5. The minimum absolute atomic E-state index is 0.0996. The van der Waals surface area contributed by atoms with Gasteiger partial charge in [-0.2, -0.15) is 0 Å². The average Bonchev–Trinajstić information content (AvgIpc) is 4.30. The molecule has 4 aliphatic heterocycles. The zero-order valence-corrected chi connectivity index (χ0v) is 44.9. The van der Waals surface area contributed by atoms with Crippen LogP contribution < -0.4 is 31.9 Å². The number of nitrogens with one attached hydrogen (secondary N) is 6. The number of anilines is 4. The van der Waals surface area contributed by atoms with Gasteiger partial charge >= 0.3 is 12.2 Å². The maximum absolute atomic E-state index is 14.6. The van der Waals surface area contributed by atoms with E-state index in [-0.39, 0.29) is 48.3 Å². The molecule has 4 aromatic rings. The third kappa shape index (κ3) is 9.91. The number of benzene rings is 4.